The predicted octanol–water partition coefficient (Wildman–Crippen LogP) is 2.03. The molecule has 3 N–H and O–H groups in total. The number of hydrogen-bond donors (Lipinski definition) is 3. The van der Waals surface area contributed by atoms with Crippen LogP contribution in [0.1, 0.15) is 37.7 Å². The van der Waals surface area contributed by atoms with Gasteiger partial charge in [-0.1, -0.05) is 36.9 Å². The van der Waals surface area contributed by atoms with E-state index in [-0.39, 0.29) is 36.4 Å². The van der Waals surface area contributed by atoms with Gasteiger partial charge in [0.05, 0.1) is 29.4 Å². The van der Waals surface area contributed by atoms with E-state index < -0.39 is 15.6 Å². The predicted molar refractivity (Wildman–Crippen MR) is 194 cm³/mol. The Hall–Kier alpha value is -3.95. The summed E-state index contributed by atoms with van der Waals surface area (Å²) in [4.78, 5) is 50.5. The molecule has 2 aliphatic rings. The summed E-state index contributed by atoms with van der Waals surface area (Å²) in [5.41, 5.74) is 0.558. The van der Waals surface area contributed by atoms with Gasteiger partial charge >= 0.3 is 0 Å². The van der Waals surface area contributed by atoms with E-state index in [1.807, 2.05) is 30.3 Å². The van der Waals surface area contributed by atoms with Crippen molar-refractivity contribution in [1.82, 2.24) is 29.0 Å². The molecule has 1 aromatic heterocycles. The van der Waals surface area contributed by atoms with Gasteiger partial charge in [-0.15, -0.1) is 0 Å². The highest BCUT2D eigenvalue weighted by Gasteiger charge is 2.36. The number of amides is 2. The van der Waals surface area contributed by atoms with Crippen LogP contribution in [0.2, 0.25) is 0 Å². The first-order valence-electron chi connectivity index (χ1n) is 17.3. The monoisotopic (exact) mass is 707 g/mol. The average Bonchev–Trinajstić information content (AvgIpc) is 3.11. The number of rotatable bonds is 15. The van der Waals surface area contributed by atoms with Crippen molar-refractivity contribution in [2.45, 2.75) is 50.7 Å². The molecule has 3 aromatic rings. The normalized spacial score (nSPS) is 17.8. The van der Waals surface area contributed by atoms with E-state index in [1.54, 1.807) is 23.1 Å². The minimum absolute atomic E-state index is 0.0331. The lowest BCUT2D eigenvalue weighted by Gasteiger charge is -2.39. The molecule has 2 fully saturated rings. The highest BCUT2D eigenvalue weighted by atomic mass is 32.2. The van der Waals surface area contributed by atoms with Crippen LogP contribution in [0, 0.1) is 5.92 Å². The summed E-state index contributed by atoms with van der Waals surface area (Å²) >= 11 is 0. The third kappa shape index (κ3) is 10.3. The lowest BCUT2D eigenvalue weighted by molar-refractivity contribution is -0.140. The maximum atomic E-state index is 13.7. The van der Waals surface area contributed by atoms with Crippen molar-refractivity contribution in [2.24, 2.45) is 5.92 Å². The largest absolute Gasteiger partial charge is 0.388 e. The molecule has 0 aliphatic carbocycles. The molecule has 13 nitrogen and oxygen atoms in total. The third-order valence-corrected chi connectivity index (χ3v) is 10.8. The molecule has 0 spiro atoms. The topological polar surface area (TPSA) is 157 Å². The van der Waals surface area contributed by atoms with Gasteiger partial charge < -0.3 is 25.1 Å². The number of nitrogens with zero attached hydrogens (tertiary/aromatic N) is 5. The first-order chi connectivity index (χ1) is 23.9. The van der Waals surface area contributed by atoms with Crippen LogP contribution < -0.4 is 15.6 Å². The molecule has 0 radical (unpaired) electrons. The minimum Gasteiger partial charge on any atom is -0.388 e. The molecule has 2 saturated heterocycles. The lowest BCUT2D eigenvalue weighted by atomic mass is 9.88. The zero-order valence-corrected chi connectivity index (χ0v) is 29.6. The summed E-state index contributed by atoms with van der Waals surface area (Å²) in [5.74, 6) is -0.476. The standard InChI is InChI=1S/C36H49N7O6S/c1-3-50(48,49)38-16-7-10-29(24-28-8-5-4-6-9-28)34(45)42-18-14-36(47,15-19-42)26-43-27-37-32-25-30(11-12-31(32)35(43)46)39-33(44)13-17-41-22-20-40(2)21-23-41/h3-6,8-9,11-12,25,27,29,38,47H,1,7,10,13-24,26H2,2H3,(H,39,44). The zero-order valence-electron chi connectivity index (χ0n) is 28.8. The Morgan fingerprint density at radius 3 is 2.48 bits per heavy atom. The van der Waals surface area contributed by atoms with Crippen LogP contribution in [0.5, 0.6) is 0 Å². The number of fused-ring (bicyclic) bond motifs is 1. The number of likely N-dealkylation sites (tertiary alicyclic amines) is 1. The van der Waals surface area contributed by atoms with Crippen molar-refractivity contribution in [3.05, 3.63) is 82.8 Å². The number of sulfonamides is 1. The first-order valence-corrected chi connectivity index (χ1v) is 18.9. The van der Waals surface area contributed by atoms with Crippen LogP contribution in [-0.4, -0.2) is 115 Å². The van der Waals surface area contributed by atoms with Crippen molar-refractivity contribution < 1.29 is 23.1 Å². The number of carbonyl (C=O) groups is 2. The molecule has 5 rings (SSSR count). The number of aliphatic hydroxyl groups is 1. The smallest absolute Gasteiger partial charge is 0.261 e. The number of carbonyl (C=O) groups excluding carboxylic acids is 2. The van der Waals surface area contributed by atoms with Gasteiger partial charge in [-0.3, -0.25) is 19.0 Å². The van der Waals surface area contributed by atoms with E-state index in [2.05, 4.69) is 38.4 Å². The second kappa shape index (κ2) is 16.8. The SMILES string of the molecule is C=CS(=O)(=O)NCCCC(Cc1ccccc1)C(=O)N1CCC(O)(Cn2cnc3cc(NC(=O)CCN4CCN(C)CC4)ccc3c2=O)CC1. The highest BCUT2D eigenvalue weighted by Crippen LogP contribution is 2.27. The molecule has 0 bridgehead atoms. The zero-order chi connectivity index (χ0) is 35.7. The van der Waals surface area contributed by atoms with Gasteiger partial charge in [-0.25, -0.2) is 18.1 Å². The molecular weight excluding hydrogens is 659 g/mol. The Balaban J connectivity index is 1.16. The number of hydrogen-bond acceptors (Lipinski definition) is 9. The van der Waals surface area contributed by atoms with Crippen molar-refractivity contribution in [3.8, 4) is 0 Å². The summed E-state index contributed by atoms with van der Waals surface area (Å²) in [6, 6.07) is 14.7. The summed E-state index contributed by atoms with van der Waals surface area (Å²) in [6.45, 7) is 8.79. The van der Waals surface area contributed by atoms with Crippen LogP contribution in [0.15, 0.2) is 71.6 Å². The lowest BCUT2D eigenvalue weighted by Crippen LogP contribution is -2.51. The summed E-state index contributed by atoms with van der Waals surface area (Å²) in [7, 11) is -1.44. The summed E-state index contributed by atoms with van der Waals surface area (Å²) < 4.78 is 27.4. The number of piperidine rings is 1. The Morgan fingerprint density at radius 1 is 1.06 bits per heavy atom. The average molecular weight is 708 g/mol. The van der Waals surface area contributed by atoms with Crippen LogP contribution in [0.3, 0.4) is 0 Å². The molecule has 14 heteroatoms. The molecule has 2 aromatic carbocycles. The van der Waals surface area contributed by atoms with E-state index in [9.17, 15) is 27.9 Å². The number of benzene rings is 2. The molecule has 270 valence electrons. The molecule has 2 amide bonds. The van der Waals surface area contributed by atoms with E-state index in [0.717, 1.165) is 37.2 Å². The Bertz CT molecular complexity index is 1800. The fourth-order valence-corrected chi connectivity index (χ4v) is 7.16. The summed E-state index contributed by atoms with van der Waals surface area (Å²) in [5, 5.41) is 15.7. The number of nitrogens with one attached hydrogen (secondary N) is 2. The second-order valence-corrected chi connectivity index (χ2v) is 15.2. The maximum Gasteiger partial charge on any atom is 0.261 e. The number of likely N-dealkylation sites (N-methyl/N-ethyl adjacent to an activating group) is 1. The number of anilines is 1. The molecule has 1 unspecified atom stereocenters. The molecular formula is C36H49N7O6S. The molecule has 2 aliphatic heterocycles. The van der Waals surface area contributed by atoms with Gasteiger partial charge in [-0.05, 0) is 62.9 Å². The third-order valence-electron chi connectivity index (χ3n) is 9.76. The van der Waals surface area contributed by atoms with Gasteiger partial charge in [0.1, 0.15) is 0 Å². The second-order valence-electron chi connectivity index (χ2n) is 13.5. The van der Waals surface area contributed by atoms with Gasteiger partial charge in [0.15, 0.2) is 0 Å². The molecule has 50 heavy (non-hydrogen) atoms. The van der Waals surface area contributed by atoms with E-state index in [0.29, 0.717) is 74.7 Å². The van der Waals surface area contributed by atoms with Gasteiger partial charge in [0.2, 0.25) is 21.8 Å². The Morgan fingerprint density at radius 2 is 1.78 bits per heavy atom. The molecule has 1 atom stereocenters. The quantitative estimate of drug-likeness (QED) is 0.201. The van der Waals surface area contributed by atoms with Crippen LogP contribution in [0.25, 0.3) is 10.9 Å². The molecule has 0 saturated carbocycles. The van der Waals surface area contributed by atoms with Crippen LogP contribution >= 0.6 is 0 Å². The number of piperazine rings is 1. The fraction of sp³-hybridized carbons (Fsp3) is 0.500. The van der Waals surface area contributed by atoms with E-state index >= 15 is 0 Å². The van der Waals surface area contributed by atoms with Crippen LogP contribution in [-0.2, 0) is 32.6 Å². The Labute approximate surface area is 294 Å². The number of aromatic nitrogens is 2. The highest BCUT2D eigenvalue weighted by molar-refractivity contribution is 7.92. The van der Waals surface area contributed by atoms with Crippen molar-refractivity contribution >= 4 is 38.4 Å². The fourth-order valence-electron chi connectivity index (χ4n) is 6.61. The van der Waals surface area contributed by atoms with Gasteiger partial charge in [0, 0.05) is 75.8 Å². The van der Waals surface area contributed by atoms with Gasteiger partial charge in [-0.2, -0.15) is 0 Å². The minimum atomic E-state index is -3.54. The van der Waals surface area contributed by atoms with E-state index in [1.165, 1.54) is 10.9 Å². The van der Waals surface area contributed by atoms with Crippen molar-refractivity contribution in [1.29, 1.82) is 0 Å². The van der Waals surface area contributed by atoms with Gasteiger partial charge in [0.25, 0.3) is 5.56 Å². The first kappa shape index (κ1) is 37.3. The van der Waals surface area contributed by atoms with Crippen LogP contribution in [0.4, 0.5) is 5.69 Å². The maximum absolute atomic E-state index is 13.7. The van der Waals surface area contributed by atoms with Crippen molar-refractivity contribution in [2.75, 3.05) is 64.7 Å². The molecule has 3 heterocycles. The summed E-state index contributed by atoms with van der Waals surface area (Å²) in [6.07, 6.45) is 3.89. The van der Waals surface area contributed by atoms with E-state index in [4.69, 9.17) is 0 Å². The van der Waals surface area contributed by atoms with Crippen molar-refractivity contribution in [3.63, 3.8) is 0 Å². The Kier molecular flexibility index (Phi) is 12.6.